The number of halogens is 1. The molecule has 0 saturated carbocycles. The molecule has 0 aliphatic carbocycles. The van der Waals surface area contributed by atoms with Crippen molar-refractivity contribution < 1.29 is 4.79 Å². The highest BCUT2D eigenvalue weighted by Gasteiger charge is 2.26. The van der Waals surface area contributed by atoms with Gasteiger partial charge in [0.2, 0.25) is 11.2 Å². The molecule has 6 nitrogen and oxygen atoms in total. The summed E-state index contributed by atoms with van der Waals surface area (Å²) in [4.78, 5) is 24.2. The van der Waals surface area contributed by atoms with Gasteiger partial charge in [0.15, 0.2) is 5.82 Å². The third-order valence-corrected chi connectivity index (χ3v) is 4.08. The van der Waals surface area contributed by atoms with Crippen LogP contribution < -0.4 is 10.6 Å². The lowest BCUT2D eigenvalue weighted by Gasteiger charge is -2.32. The van der Waals surface area contributed by atoms with E-state index in [2.05, 4.69) is 39.4 Å². The van der Waals surface area contributed by atoms with Crippen LogP contribution in [0.1, 0.15) is 46.5 Å². The molecule has 0 spiro atoms. The van der Waals surface area contributed by atoms with Gasteiger partial charge in [0, 0.05) is 19.7 Å². The number of pyridine rings is 1. The molecule has 2 aromatic heterocycles. The van der Waals surface area contributed by atoms with Crippen LogP contribution in [0.25, 0.3) is 11.0 Å². The average Bonchev–Trinajstić information content (AvgIpc) is 2.53. The summed E-state index contributed by atoms with van der Waals surface area (Å²) < 4.78 is 0. The lowest BCUT2D eigenvalue weighted by Crippen LogP contribution is -2.46. The number of nitrogens with zero attached hydrogens (tertiary/aromatic N) is 3. The summed E-state index contributed by atoms with van der Waals surface area (Å²) in [6.07, 6.45) is 5.94. The van der Waals surface area contributed by atoms with Gasteiger partial charge in [-0.1, -0.05) is 26.2 Å². The Kier molecular flexibility index (Phi) is 6.31. The number of unbranched alkanes of at least 4 members (excludes halogenated alkanes) is 2. The lowest BCUT2D eigenvalue weighted by molar-refractivity contribution is -0.119. The number of aromatic nitrogens is 3. The number of amides is 1. The van der Waals surface area contributed by atoms with Gasteiger partial charge in [-0.2, -0.15) is 4.98 Å². The molecule has 0 bridgehead atoms. The second-order valence-corrected chi connectivity index (χ2v) is 6.60. The van der Waals surface area contributed by atoms with Crippen molar-refractivity contribution >= 4 is 34.4 Å². The van der Waals surface area contributed by atoms with E-state index in [0.29, 0.717) is 23.4 Å². The van der Waals surface area contributed by atoms with Crippen LogP contribution >= 0.6 is 11.6 Å². The van der Waals surface area contributed by atoms with Crippen LogP contribution in [0.5, 0.6) is 0 Å². The maximum Gasteiger partial charge on any atom is 0.225 e. The third-order valence-electron chi connectivity index (χ3n) is 3.91. The van der Waals surface area contributed by atoms with Crippen LogP contribution in [0.4, 0.5) is 5.82 Å². The van der Waals surface area contributed by atoms with Gasteiger partial charge in [-0.25, -0.2) is 4.98 Å². The molecular weight excluding hydrogens is 326 g/mol. The van der Waals surface area contributed by atoms with Crippen molar-refractivity contribution in [3.63, 3.8) is 0 Å². The van der Waals surface area contributed by atoms with Crippen molar-refractivity contribution in [3.8, 4) is 0 Å². The summed E-state index contributed by atoms with van der Waals surface area (Å²) in [6.45, 7) is 6.26. The summed E-state index contributed by atoms with van der Waals surface area (Å²) in [7, 11) is 0. The van der Waals surface area contributed by atoms with Gasteiger partial charge < -0.3 is 10.6 Å². The van der Waals surface area contributed by atoms with E-state index in [1.165, 1.54) is 6.92 Å². The number of hydrogen-bond donors (Lipinski definition) is 2. The van der Waals surface area contributed by atoms with Crippen molar-refractivity contribution in [1.82, 2.24) is 20.3 Å². The van der Waals surface area contributed by atoms with Gasteiger partial charge in [-0.05, 0) is 37.1 Å². The molecular formula is C17H24ClN5O. The van der Waals surface area contributed by atoms with Gasteiger partial charge in [0.05, 0.1) is 11.1 Å². The third kappa shape index (κ3) is 5.03. The van der Waals surface area contributed by atoms with E-state index in [0.717, 1.165) is 25.7 Å². The topological polar surface area (TPSA) is 79.8 Å². The van der Waals surface area contributed by atoms with E-state index in [4.69, 9.17) is 11.6 Å². The molecule has 2 heterocycles. The summed E-state index contributed by atoms with van der Waals surface area (Å²) in [5.41, 5.74) is 1.02. The van der Waals surface area contributed by atoms with E-state index < -0.39 is 0 Å². The molecule has 0 fully saturated rings. The molecule has 2 N–H and O–H groups in total. The summed E-state index contributed by atoms with van der Waals surface area (Å²) in [5.74, 6) is 0.539. The standard InChI is InChI=1S/C17H24ClN5O/c1-4-5-6-9-17(3,11-20-12(2)24)23-15-14-13(8-7-10-19-14)21-16(18)22-15/h7-8,10H,4-6,9,11H2,1-3H3,(H,20,24)(H,21,22,23). The number of hydrogen-bond acceptors (Lipinski definition) is 5. The summed E-state index contributed by atoms with van der Waals surface area (Å²) >= 11 is 6.05. The van der Waals surface area contributed by atoms with Crippen molar-refractivity contribution in [1.29, 1.82) is 0 Å². The fraction of sp³-hybridized carbons (Fsp3) is 0.529. The Morgan fingerprint density at radius 3 is 2.83 bits per heavy atom. The van der Waals surface area contributed by atoms with Crippen molar-refractivity contribution in [2.45, 2.75) is 52.0 Å². The molecule has 1 atom stereocenters. The van der Waals surface area contributed by atoms with E-state index in [9.17, 15) is 4.79 Å². The van der Waals surface area contributed by atoms with E-state index in [1.807, 2.05) is 12.1 Å². The molecule has 7 heteroatoms. The van der Waals surface area contributed by atoms with Gasteiger partial charge in [-0.3, -0.25) is 9.78 Å². The fourth-order valence-corrected chi connectivity index (χ4v) is 2.77. The molecule has 24 heavy (non-hydrogen) atoms. The number of carbonyl (C=O) groups excluding carboxylic acids is 1. The highest BCUT2D eigenvalue weighted by molar-refractivity contribution is 6.28. The number of rotatable bonds is 8. The Balaban J connectivity index is 2.29. The molecule has 1 amide bonds. The Morgan fingerprint density at radius 2 is 2.12 bits per heavy atom. The molecule has 0 saturated heterocycles. The monoisotopic (exact) mass is 349 g/mol. The van der Waals surface area contributed by atoms with E-state index in [1.54, 1.807) is 6.20 Å². The largest absolute Gasteiger partial charge is 0.361 e. The fourth-order valence-electron chi connectivity index (χ4n) is 2.59. The van der Waals surface area contributed by atoms with Gasteiger partial charge in [0.1, 0.15) is 5.52 Å². The highest BCUT2D eigenvalue weighted by Crippen LogP contribution is 2.25. The van der Waals surface area contributed by atoms with Gasteiger partial charge in [-0.15, -0.1) is 0 Å². The maximum absolute atomic E-state index is 11.3. The van der Waals surface area contributed by atoms with E-state index in [-0.39, 0.29) is 16.7 Å². The van der Waals surface area contributed by atoms with Crippen LogP contribution in [0.2, 0.25) is 5.28 Å². The Labute approximate surface area is 147 Å². The van der Waals surface area contributed by atoms with Crippen LogP contribution in [0.15, 0.2) is 18.3 Å². The second kappa shape index (κ2) is 8.24. The maximum atomic E-state index is 11.3. The number of anilines is 1. The van der Waals surface area contributed by atoms with Crippen molar-refractivity contribution in [2.75, 3.05) is 11.9 Å². The number of nitrogens with one attached hydrogen (secondary N) is 2. The number of fused-ring (bicyclic) bond motifs is 1. The van der Waals surface area contributed by atoms with Crippen molar-refractivity contribution in [2.24, 2.45) is 0 Å². The predicted octanol–water partition coefficient (Wildman–Crippen LogP) is 3.57. The van der Waals surface area contributed by atoms with Gasteiger partial charge >= 0.3 is 0 Å². The average molecular weight is 350 g/mol. The smallest absolute Gasteiger partial charge is 0.225 e. The second-order valence-electron chi connectivity index (χ2n) is 6.26. The number of carbonyl (C=O) groups is 1. The molecule has 2 rings (SSSR count). The minimum atomic E-state index is -0.344. The molecule has 0 radical (unpaired) electrons. The first-order valence-electron chi connectivity index (χ1n) is 8.24. The molecule has 0 aromatic carbocycles. The molecule has 130 valence electrons. The van der Waals surface area contributed by atoms with Gasteiger partial charge in [0.25, 0.3) is 0 Å². The lowest BCUT2D eigenvalue weighted by atomic mass is 9.94. The predicted molar refractivity (Wildman–Crippen MR) is 97.2 cm³/mol. The first-order chi connectivity index (χ1) is 11.4. The normalized spacial score (nSPS) is 13.5. The summed E-state index contributed by atoms with van der Waals surface area (Å²) in [5, 5.41) is 6.51. The zero-order chi connectivity index (χ0) is 17.6. The quantitative estimate of drug-likeness (QED) is 0.562. The van der Waals surface area contributed by atoms with Crippen molar-refractivity contribution in [3.05, 3.63) is 23.6 Å². The Hall–Kier alpha value is -1.95. The molecule has 0 aliphatic heterocycles. The van der Waals surface area contributed by atoms with E-state index >= 15 is 0 Å². The van der Waals surface area contributed by atoms with Crippen LogP contribution in [0.3, 0.4) is 0 Å². The Morgan fingerprint density at radius 1 is 1.33 bits per heavy atom. The zero-order valence-electron chi connectivity index (χ0n) is 14.4. The van der Waals surface area contributed by atoms with Crippen LogP contribution in [-0.4, -0.2) is 32.9 Å². The zero-order valence-corrected chi connectivity index (χ0v) is 15.2. The first-order valence-corrected chi connectivity index (χ1v) is 8.62. The first kappa shape index (κ1) is 18.4. The van der Waals surface area contributed by atoms with Crippen LogP contribution in [0, 0.1) is 0 Å². The molecule has 1 unspecified atom stereocenters. The Bertz CT molecular complexity index is 708. The summed E-state index contributed by atoms with van der Waals surface area (Å²) in [6, 6.07) is 3.66. The minimum absolute atomic E-state index is 0.0535. The molecule has 2 aromatic rings. The van der Waals surface area contributed by atoms with Crippen LogP contribution in [-0.2, 0) is 4.79 Å². The SMILES string of the molecule is CCCCCC(C)(CNC(C)=O)Nc1nc(Cl)nc2cccnc12. The minimum Gasteiger partial charge on any atom is -0.361 e. The molecule has 0 aliphatic rings. The highest BCUT2D eigenvalue weighted by atomic mass is 35.5.